The van der Waals surface area contributed by atoms with Gasteiger partial charge < -0.3 is 5.32 Å². The molecule has 24 heavy (non-hydrogen) atoms. The maximum absolute atomic E-state index is 12.7. The van der Waals surface area contributed by atoms with Gasteiger partial charge in [-0.1, -0.05) is 23.7 Å². The topological polar surface area (TPSA) is 59.8 Å². The summed E-state index contributed by atoms with van der Waals surface area (Å²) in [6, 6.07) is 15.1. The molecule has 2 aromatic carbocycles. The molecular formula is C18H15ClN4O. The number of carbonyl (C=O) groups is 1. The molecule has 0 aliphatic heterocycles. The number of amides is 1. The van der Waals surface area contributed by atoms with E-state index in [1.807, 2.05) is 48.5 Å². The summed E-state index contributed by atoms with van der Waals surface area (Å²) in [5.41, 5.74) is 2.18. The molecule has 1 aliphatic carbocycles. The van der Waals surface area contributed by atoms with E-state index < -0.39 is 5.41 Å². The highest BCUT2D eigenvalue weighted by Gasteiger charge is 2.51. The Morgan fingerprint density at radius 3 is 2.58 bits per heavy atom. The molecule has 1 saturated carbocycles. The van der Waals surface area contributed by atoms with Crippen molar-refractivity contribution in [3.05, 3.63) is 71.8 Å². The van der Waals surface area contributed by atoms with Gasteiger partial charge in [0, 0.05) is 10.7 Å². The molecule has 0 spiro atoms. The van der Waals surface area contributed by atoms with Crippen LogP contribution in [0.4, 0.5) is 5.69 Å². The molecule has 1 fully saturated rings. The Hall–Kier alpha value is -2.66. The van der Waals surface area contributed by atoms with E-state index in [4.69, 9.17) is 11.6 Å². The summed E-state index contributed by atoms with van der Waals surface area (Å²) in [6.45, 7) is 0. The quantitative estimate of drug-likeness (QED) is 0.790. The van der Waals surface area contributed by atoms with E-state index >= 15 is 0 Å². The molecular weight excluding hydrogens is 324 g/mol. The summed E-state index contributed by atoms with van der Waals surface area (Å²) < 4.78 is 1.67. The molecule has 5 nitrogen and oxygen atoms in total. The van der Waals surface area contributed by atoms with Crippen molar-refractivity contribution in [2.45, 2.75) is 18.3 Å². The molecule has 4 rings (SSSR count). The van der Waals surface area contributed by atoms with Gasteiger partial charge >= 0.3 is 0 Å². The van der Waals surface area contributed by atoms with E-state index in [0.717, 1.165) is 29.8 Å². The van der Waals surface area contributed by atoms with Crippen LogP contribution in [0.15, 0.2) is 61.2 Å². The molecule has 1 N–H and O–H groups in total. The molecule has 1 aromatic heterocycles. The van der Waals surface area contributed by atoms with E-state index in [1.54, 1.807) is 11.0 Å². The van der Waals surface area contributed by atoms with Gasteiger partial charge in [-0.15, -0.1) is 0 Å². The summed E-state index contributed by atoms with van der Waals surface area (Å²) in [7, 11) is 0. The van der Waals surface area contributed by atoms with Crippen LogP contribution in [0.2, 0.25) is 5.02 Å². The Labute approximate surface area is 144 Å². The number of rotatable bonds is 4. The molecule has 0 bridgehead atoms. The Morgan fingerprint density at radius 1 is 1.17 bits per heavy atom. The SMILES string of the molecule is O=C(Nc1ccc(-n2cncn2)cc1)C1(c2cccc(Cl)c2)CC1. The summed E-state index contributed by atoms with van der Waals surface area (Å²) in [6.07, 6.45) is 4.80. The van der Waals surface area contributed by atoms with Crippen molar-refractivity contribution in [1.29, 1.82) is 0 Å². The van der Waals surface area contributed by atoms with Crippen LogP contribution in [0.1, 0.15) is 18.4 Å². The van der Waals surface area contributed by atoms with Crippen LogP contribution in [0.3, 0.4) is 0 Å². The molecule has 0 saturated heterocycles. The summed E-state index contributed by atoms with van der Waals surface area (Å²) >= 11 is 6.06. The maximum atomic E-state index is 12.7. The van der Waals surface area contributed by atoms with Gasteiger partial charge in [-0.3, -0.25) is 4.79 Å². The number of hydrogen-bond donors (Lipinski definition) is 1. The van der Waals surface area contributed by atoms with Crippen molar-refractivity contribution >= 4 is 23.2 Å². The molecule has 0 radical (unpaired) electrons. The van der Waals surface area contributed by atoms with Crippen LogP contribution < -0.4 is 5.32 Å². The largest absolute Gasteiger partial charge is 0.325 e. The fraction of sp³-hybridized carbons (Fsp3) is 0.167. The van der Waals surface area contributed by atoms with Crippen molar-refractivity contribution in [2.24, 2.45) is 0 Å². The van der Waals surface area contributed by atoms with E-state index in [-0.39, 0.29) is 5.91 Å². The number of anilines is 1. The van der Waals surface area contributed by atoms with Crippen LogP contribution in [0, 0.1) is 0 Å². The Morgan fingerprint density at radius 2 is 1.96 bits per heavy atom. The Kier molecular flexibility index (Phi) is 3.58. The van der Waals surface area contributed by atoms with E-state index in [9.17, 15) is 4.79 Å². The third-order valence-electron chi connectivity index (χ3n) is 4.37. The van der Waals surface area contributed by atoms with E-state index in [1.165, 1.54) is 6.33 Å². The van der Waals surface area contributed by atoms with Gasteiger partial charge in [0.05, 0.1) is 11.1 Å². The van der Waals surface area contributed by atoms with Gasteiger partial charge in [-0.25, -0.2) is 9.67 Å². The lowest BCUT2D eigenvalue weighted by Gasteiger charge is -2.16. The average molecular weight is 339 g/mol. The molecule has 1 amide bonds. The van der Waals surface area contributed by atoms with Crippen LogP contribution in [-0.4, -0.2) is 20.7 Å². The minimum Gasteiger partial charge on any atom is -0.325 e. The average Bonchev–Trinajstić information content (AvgIpc) is 3.23. The lowest BCUT2D eigenvalue weighted by atomic mass is 9.95. The second-order valence-electron chi connectivity index (χ2n) is 5.93. The lowest BCUT2D eigenvalue weighted by molar-refractivity contribution is -0.118. The smallest absolute Gasteiger partial charge is 0.235 e. The van der Waals surface area contributed by atoms with Gasteiger partial charge in [0.15, 0.2) is 0 Å². The van der Waals surface area contributed by atoms with Gasteiger partial charge in [0.1, 0.15) is 12.7 Å². The van der Waals surface area contributed by atoms with Gasteiger partial charge in [0.2, 0.25) is 5.91 Å². The third kappa shape index (κ3) is 2.67. The molecule has 1 heterocycles. The zero-order valence-corrected chi connectivity index (χ0v) is 13.6. The Bertz CT molecular complexity index is 870. The highest BCUT2D eigenvalue weighted by molar-refractivity contribution is 6.30. The van der Waals surface area contributed by atoms with Crippen LogP contribution >= 0.6 is 11.6 Å². The van der Waals surface area contributed by atoms with Crippen LogP contribution in [0.25, 0.3) is 5.69 Å². The van der Waals surface area contributed by atoms with Crippen molar-refractivity contribution in [3.63, 3.8) is 0 Å². The molecule has 3 aromatic rings. The number of aromatic nitrogens is 3. The van der Waals surface area contributed by atoms with Gasteiger partial charge in [0.25, 0.3) is 0 Å². The van der Waals surface area contributed by atoms with Crippen molar-refractivity contribution in [3.8, 4) is 5.69 Å². The van der Waals surface area contributed by atoms with E-state index in [0.29, 0.717) is 5.02 Å². The second kappa shape index (κ2) is 5.76. The molecule has 0 unspecified atom stereocenters. The number of benzene rings is 2. The second-order valence-corrected chi connectivity index (χ2v) is 6.37. The zero-order valence-electron chi connectivity index (χ0n) is 12.8. The fourth-order valence-corrected chi connectivity index (χ4v) is 3.04. The molecule has 120 valence electrons. The fourth-order valence-electron chi connectivity index (χ4n) is 2.85. The first-order valence-corrected chi connectivity index (χ1v) is 8.08. The van der Waals surface area contributed by atoms with Crippen LogP contribution in [-0.2, 0) is 10.2 Å². The van der Waals surface area contributed by atoms with Crippen molar-refractivity contribution in [2.75, 3.05) is 5.32 Å². The zero-order chi connectivity index (χ0) is 16.6. The number of nitrogens with one attached hydrogen (secondary N) is 1. The highest BCUT2D eigenvalue weighted by atomic mass is 35.5. The predicted molar refractivity (Wildman–Crippen MR) is 92.4 cm³/mol. The van der Waals surface area contributed by atoms with Crippen molar-refractivity contribution < 1.29 is 4.79 Å². The van der Waals surface area contributed by atoms with Crippen molar-refractivity contribution in [1.82, 2.24) is 14.8 Å². The third-order valence-corrected chi connectivity index (χ3v) is 4.61. The monoisotopic (exact) mass is 338 g/mol. The number of carbonyl (C=O) groups excluding carboxylic acids is 1. The number of hydrogen-bond acceptors (Lipinski definition) is 3. The first-order valence-electron chi connectivity index (χ1n) is 7.70. The summed E-state index contributed by atoms with van der Waals surface area (Å²) in [5.74, 6) is 0.0123. The van der Waals surface area contributed by atoms with Gasteiger partial charge in [-0.05, 0) is 54.8 Å². The Balaban J connectivity index is 1.52. The highest BCUT2D eigenvalue weighted by Crippen LogP contribution is 2.49. The minimum atomic E-state index is -0.449. The predicted octanol–water partition coefficient (Wildman–Crippen LogP) is 3.59. The number of nitrogens with zero attached hydrogens (tertiary/aromatic N) is 3. The molecule has 1 aliphatic rings. The van der Waals surface area contributed by atoms with E-state index in [2.05, 4.69) is 15.4 Å². The maximum Gasteiger partial charge on any atom is 0.235 e. The standard InChI is InChI=1S/C18H15ClN4O/c19-14-3-1-2-13(10-14)18(8-9-18)17(24)22-15-4-6-16(7-5-15)23-12-20-11-21-23/h1-7,10-12H,8-9H2,(H,22,24). The van der Waals surface area contributed by atoms with Gasteiger partial charge in [-0.2, -0.15) is 5.10 Å². The first kappa shape index (κ1) is 14.9. The minimum absolute atomic E-state index is 0.0123. The number of halogens is 1. The molecule has 6 heteroatoms. The summed E-state index contributed by atoms with van der Waals surface area (Å²) in [5, 5.41) is 7.74. The first-order chi connectivity index (χ1) is 11.7. The lowest BCUT2D eigenvalue weighted by Crippen LogP contribution is -2.27. The summed E-state index contributed by atoms with van der Waals surface area (Å²) in [4.78, 5) is 16.7. The molecule has 0 atom stereocenters. The van der Waals surface area contributed by atoms with Crippen LogP contribution in [0.5, 0.6) is 0 Å². The normalized spacial score (nSPS) is 15.0.